The van der Waals surface area contributed by atoms with Gasteiger partial charge in [-0.3, -0.25) is 4.68 Å². The first-order chi connectivity index (χ1) is 10.2. The van der Waals surface area contributed by atoms with Crippen molar-refractivity contribution in [2.45, 2.75) is 26.7 Å². The smallest absolute Gasteiger partial charge is 0.323 e. The molecule has 0 atom stereocenters. The number of aryl methyl sites for hydroxylation is 1. The Morgan fingerprint density at radius 2 is 1.95 bits per heavy atom. The van der Waals surface area contributed by atoms with Crippen LogP contribution in [0.4, 0.5) is 17.7 Å². The van der Waals surface area contributed by atoms with Crippen molar-refractivity contribution in [3.8, 4) is 6.01 Å². The summed E-state index contributed by atoms with van der Waals surface area (Å²) in [5.41, 5.74) is 0. The first-order valence-electron chi connectivity index (χ1n) is 7.10. The fraction of sp³-hybridized carbons (Fsp3) is 0.538. The number of hydrogen-bond acceptors (Lipinski definition) is 7. The van der Waals surface area contributed by atoms with Crippen molar-refractivity contribution in [3.05, 3.63) is 12.3 Å². The second-order valence-corrected chi connectivity index (χ2v) is 4.54. The van der Waals surface area contributed by atoms with Crippen LogP contribution in [0.3, 0.4) is 0 Å². The molecule has 2 aromatic heterocycles. The topological polar surface area (TPSA) is 89.8 Å². The first kappa shape index (κ1) is 15.0. The molecular weight excluding hydrogens is 270 g/mol. The monoisotopic (exact) mass is 291 g/mol. The molecule has 0 radical (unpaired) electrons. The summed E-state index contributed by atoms with van der Waals surface area (Å²) in [6, 6.07) is 2.15. The molecule has 21 heavy (non-hydrogen) atoms. The van der Waals surface area contributed by atoms with E-state index in [1.807, 2.05) is 26.2 Å². The van der Waals surface area contributed by atoms with E-state index < -0.39 is 0 Å². The second kappa shape index (κ2) is 7.41. The molecule has 0 spiro atoms. The molecule has 0 aliphatic rings. The van der Waals surface area contributed by atoms with Crippen LogP contribution in [0.25, 0.3) is 0 Å². The Morgan fingerprint density at radius 3 is 2.62 bits per heavy atom. The van der Waals surface area contributed by atoms with E-state index in [0.717, 1.165) is 19.4 Å². The summed E-state index contributed by atoms with van der Waals surface area (Å²) in [5.74, 6) is 1.58. The molecule has 0 unspecified atom stereocenters. The van der Waals surface area contributed by atoms with Gasteiger partial charge in [0.15, 0.2) is 5.82 Å². The zero-order valence-electron chi connectivity index (χ0n) is 12.6. The van der Waals surface area contributed by atoms with Gasteiger partial charge in [0, 0.05) is 25.9 Å². The molecule has 114 valence electrons. The van der Waals surface area contributed by atoms with Gasteiger partial charge in [-0.25, -0.2) is 0 Å². The third-order valence-electron chi connectivity index (χ3n) is 2.54. The van der Waals surface area contributed by atoms with E-state index in [1.54, 1.807) is 4.68 Å². The minimum Gasteiger partial charge on any atom is -0.463 e. The van der Waals surface area contributed by atoms with E-state index in [1.165, 1.54) is 0 Å². The van der Waals surface area contributed by atoms with Gasteiger partial charge in [0.2, 0.25) is 11.9 Å². The van der Waals surface area contributed by atoms with E-state index in [-0.39, 0.29) is 0 Å². The van der Waals surface area contributed by atoms with E-state index >= 15 is 0 Å². The molecular formula is C13H21N7O. The number of hydrogen-bond donors (Lipinski definition) is 2. The molecule has 0 amide bonds. The fourth-order valence-electron chi connectivity index (χ4n) is 1.58. The minimum atomic E-state index is 0.309. The van der Waals surface area contributed by atoms with Gasteiger partial charge in [-0.05, 0) is 12.8 Å². The van der Waals surface area contributed by atoms with Gasteiger partial charge in [0.1, 0.15) is 0 Å². The van der Waals surface area contributed by atoms with Crippen molar-refractivity contribution in [2.24, 2.45) is 7.05 Å². The molecule has 0 aliphatic heterocycles. The molecule has 0 fully saturated rings. The summed E-state index contributed by atoms with van der Waals surface area (Å²) in [6.45, 7) is 5.47. The molecule has 0 saturated carbocycles. The Kier molecular flexibility index (Phi) is 5.30. The summed E-state index contributed by atoms with van der Waals surface area (Å²) in [5, 5.41) is 10.4. The molecule has 2 heterocycles. The van der Waals surface area contributed by atoms with Gasteiger partial charge in [-0.1, -0.05) is 13.8 Å². The second-order valence-electron chi connectivity index (χ2n) is 4.54. The molecule has 0 aromatic carbocycles. The number of nitrogens with zero attached hydrogens (tertiary/aromatic N) is 5. The number of rotatable bonds is 8. The van der Waals surface area contributed by atoms with Crippen LogP contribution < -0.4 is 15.4 Å². The van der Waals surface area contributed by atoms with Gasteiger partial charge in [-0.15, -0.1) is 0 Å². The molecule has 0 saturated heterocycles. The average Bonchev–Trinajstić information content (AvgIpc) is 2.88. The van der Waals surface area contributed by atoms with E-state index in [0.29, 0.717) is 30.3 Å². The SMILES string of the molecule is CCCNc1nc(Nc2ccn(C)n2)nc(OCCC)n1. The quantitative estimate of drug-likeness (QED) is 0.768. The lowest BCUT2D eigenvalue weighted by Crippen LogP contribution is -2.10. The van der Waals surface area contributed by atoms with Crippen molar-refractivity contribution in [2.75, 3.05) is 23.8 Å². The maximum Gasteiger partial charge on any atom is 0.323 e. The highest BCUT2D eigenvalue weighted by molar-refractivity contribution is 5.48. The van der Waals surface area contributed by atoms with Crippen molar-refractivity contribution in [1.82, 2.24) is 24.7 Å². The maximum atomic E-state index is 5.49. The van der Waals surface area contributed by atoms with Crippen LogP contribution in [0.5, 0.6) is 6.01 Å². The van der Waals surface area contributed by atoms with Crippen LogP contribution in [-0.2, 0) is 7.05 Å². The highest BCUT2D eigenvalue weighted by atomic mass is 16.5. The van der Waals surface area contributed by atoms with Crippen LogP contribution in [0.15, 0.2) is 12.3 Å². The Morgan fingerprint density at radius 1 is 1.14 bits per heavy atom. The van der Waals surface area contributed by atoms with Crippen molar-refractivity contribution < 1.29 is 4.74 Å². The molecule has 2 aromatic rings. The number of ether oxygens (including phenoxy) is 1. The Balaban J connectivity index is 2.16. The van der Waals surface area contributed by atoms with Gasteiger partial charge < -0.3 is 15.4 Å². The molecule has 2 rings (SSSR count). The Bertz CT molecular complexity index is 543. The fourth-order valence-corrected chi connectivity index (χ4v) is 1.58. The van der Waals surface area contributed by atoms with E-state index in [2.05, 4.69) is 37.6 Å². The Hall–Kier alpha value is -2.38. The summed E-state index contributed by atoms with van der Waals surface area (Å²) in [7, 11) is 1.85. The molecule has 8 heteroatoms. The summed E-state index contributed by atoms with van der Waals surface area (Å²) >= 11 is 0. The number of anilines is 3. The lowest BCUT2D eigenvalue weighted by Gasteiger charge is -2.09. The third-order valence-corrected chi connectivity index (χ3v) is 2.54. The van der Waals surface area contributed by atoms with E-state index in [4.69, 9.17) is 4.74 Å². The highest BCUT2D eigenvalue weighted by Crippen LogP contribution is 2.15. The molecule has 0 aliphatic carbocycles. The minimum absolute atomic E-state index is 0.309. The maximum absolute atomic E-state index is 5.49. The standard InChI is InChI=1S/C13H21N7O/c1-4-7-14-11-16-12(15-10-6-8-20(3)19-10)18-13(17-11)21-9-5-2/h6,8H,4-5,7,9H2,1-3H3,(H2,14,15,16,17,18,19). The predicted molar refractivity (Wildman–Crippen MR) is 80.9 cm³/mol. The zero-order valence-corrected chi connectivity index (χ0v) is 12.6. The lowest BCUT2D eigenvalue weighted by molar-refractivity contribution is 0.292. The van der Waals surface area contributed by atoms with Crippen LogP contribution in [0.1, 0.15) is 26.7 Å². The predicted octanol–water partition coefficient (Wildman–Crippen LogP) is 1.96. The first-order valence-corrected chi connectivity index (χ1v) is 7.10. The van der Waals surface area contributed by atoms with E-state index in [9.17, 15) is 0 Å². The molecule has 8 nitrogen and oxygen atoms in total. The van der Waals surface area contributed by atoms with Crippen molar-refractivity contribution in [3.63, 3.8) is 0 Å². The van der Waals surface area contributed by atoms with Crippen LogP contribution >= 0.6 is 0 Å². The largest absolute Gasteiger partial charge is 0.463 e. The normalized spacial score (nSPS) is 10.4. The lowest BCUT2D eigenvalue weighted by atomic mass is 10.5. The van der Waals surface area contributed by atoms with Crippen LogP contribution in [0, 0.1) is 0 Å². The third kappa shape index (κ3) is 4.59. The number of aromatic nitrogens is 5. The molecule has 2 N–H and O–H groups in total. The number of nitrogens with one attached hydrogen (secondary N) is 2. The van der Waals surface area contributed by atoms with Gasteiger partial charge in [0.25, 0.3) is 0 Å². The summed E-state index contributed by atoms with van der Waals surface area (Å²) in [6.07, 6.45) is 3.72. The molecule has 0 bridgehead atoms. The van der Waals surface area contributed by atoms with Crippen molar-refractivity contribution >= 4 is 17.7 Å². The van der Waals surface area contributed by atoms with Crippen LogP contribution in [-0.4, -0.2) is 37.9 Å². The zero-order chi connectivity index (χ0) is 15.1. The Labute approximate surface area is 124 Å². The van der Waals surface area contributed by atoms with Gasteiger partial charge >= 0.3 is 6.01 Å². The van der Waals surface area contributed by atoms with Crippen molar-refractivity contribution in [1.29, 1.82) is 0 Å². The summed E-state index contributed by atoms with van der Waals surface area (Å²) < 4.78 is 7.19. The average molecular weight is 291 g/mol. The van der Waals surface area contributed by atoms with Gasteiger partial charge in [-0.2, -0.15) is 20.1 Å². The summed E-state index contributed by atoms with van der Waals surface area (Å²) in [4.78, 5) is 12.8. The van der Waals surface area contributed by atoms with Crippen LogP contribution in [0.2, 0.25) is 0 Å². The van der Waals surface area contributed by atoms with Gasteiger partial charge in [0.05, 0.1) is 6.61 Å². The highest BCUT2D eigenvalue weighted by Gasteiger charge is 2.08.